The van der Waals surface area contributed by atoms with Crippen LogP contribution in [0.15, 0.2) is 61.2 Å². The SMILES string of the molecule is C=CCOCCOCCOc1ccc(OCOc2ccc(CC)cc2)cc1. The number of benzene rings is 2. The maximum Gasteiger partial charge on any atom is 0.230 e. The van der Waals surface area contributed by atoms with Crippen LogP contribution in [0, 0.1) is 0 Å². The summed E-state index contributed by atoms with van der Waals surface area (Å²) in [6, 6.07) is 15.4. The molecule has 0 aliphatic rings. The normalized spacial score (nSPS) is 10.4. The summed E-state index contributed by atoms with van der Waals surface area (Å²) in [6.45, 7) is 8.52. The van der Waals surface area contributed by atoms with E-state index in [-0.39, 0.29) is 6.79 Å². The fourth-order valence-electron chi connectivity index (χ4n) is 2.22. The largest absolute Gasteiger partial charge is 0.491 e. The molecule has 5 nitrogen and oxygen atoms in total. The van der Waals surface area contributed by atoms with E-state index in [0.29, 0.717) is 33.0 Å². The minimum Gasteiger partial charge on any atom is -0.491 e. The average molecular weight is 372 g/mol. The number of ether oxygens (including phenoxy) is 5. The van der Waals surface area contributed by atoms with Gasteiger partial charge in [0, 0.05) is 0 Å². The summed E-state index contributed by atoms with van der Waals surface area (Å²) in [7, 11) is 0. The van der Waals surface area contributed by atoms with Crippen molar-refractivity contribution in [3.05, 3.63) is 66.7 Å². The van der Waals surface area contributed by atoms with E-state index in [2.05, 4.69) is 25.6 Å². The van der Waals surface area contributed by atoms with Gasteiger partial charge < -0.3 is 23.7 Å². The Morgan fingerprint density at radius 2 is 1.22 bits per heavy atom. The van der Waals surface area contributed by atoms with E-state index in [4.69, 9.17) is 23.7 Å². The van der Waals surface area contributed by atoms with E-state index >= 15 is 0 Å². The molecule has 2 aromatic rings. The van der Waals surface area contributed by atoms with Gasteiger partial charge in [0.2, 0.25) is 6.79 Å². The maximum atomic E-state index is 5.62. The lowest BCUT2D eigenvalue weighted by Crippen LogP contribution is -2.10. The monoisotopic (exact) mass is 372 g/mol. The Kier molecular flexibility index (Phi) is 9.86. The molecule has 0 saturated heterocycles. The molecule has 0 saturated carbocycles. The maximum absolute atomic E-state index is 5.62. The molecule has 0 unspecified atom stereocenters. The molecule has 0 aliphatic heterocycles. The van der Waals surface area contributed by atoms with Crippen LogP contribution >= 0.6 is 0 Å². The molecule has 5 heteroatoms. The Bertz CT molecular complexity index is 637. The fraction of sp³-hybridized carbons (Fsp3) is 0.364. The zero-order chi connectivity index (χ0) is 19.2. The zero-order valence-corrected chi connectivity index (χ0v) is 15.9. The number of aryl methyl sites for hydroxylation is 1. The Hall–Kier alpha value is -2.50. The van der Waals surface area contributed by atoms with Crippen molar-refractivity contribution in [2.75, 3.05) is 39.8 Å². The quantitative estimate of drug-likeness (QED) is 0.282. The van der Waals surface area contributed by atoms with E-state index in [9.17, 15) is 0 Å². The number of hydrogen-bond donors (Lipinski definition) is 0. The second-order valence-electron chi connectivity index (χ2n) is 5.70. The molecule has 0 bridgehead atoms. The van der Waals surface area contributed by atoms with Crippen molar-refractivity contribution in [3.63, 3.8) is 0 Å². The van der Waals surface area contributed by atoms with Gasteiger partial charge in [0.05, 0.1) is 26.4 Å². The van der Waals surface area contributed by atoms with Crippen LogP contribution in [0.2, 0.25) is 0 Å². The van der Waals surface area contributed by atoms with E-state index in [1.807, 2.05) is 36.4 Å². The fourth-order valence-corrected chi connectivity index (χ4v) is 2.22. The third kappa shape index (κ3) is 8.62. The molecule has 0 amide bonds. The van der Waals surface area contributed by atoms with Crippen molar-refractivity contribution in [2.24, 2.45) is 0 Å². The molecule has 0 radical (unpaired) electrons. The van der Waals surface area contributed by atoms with Gasteiger partial charge in [-0.3, -0.25) is 0 Å². The molecule has 0 aliphatic carbocycles. The van der Waals surface area contributed by atoms with Crippen LogP contribution in [-0.2, 0) is 15.9 Å². The summed E-state index contributed by atoms with van der Waals surface area (Å²) in [5.74, 6) is 2.29. The molecule has 0 atom stereocenters. The number of hydrogen-bond acceptors (Lipinski definition) is 5. The van der Waals surface area contributed by atoms with Gasteiger partial charge in [0.25, 0.3) is 0 Å². The minimum absolute atomic E-state index is 0.160. The van der Waals surface area contributed by atoms with Crippen molar-refractivity contribution in [3.8, 4) is 17.2 Å². The smallest absolute Gasteiger partial charge is 0.230 e. The van der Waals surface area contributed by atoms with Crippen molar-refractivity contribution in [1.29, 1.82) is 0 Å². The molecular weight excluding hydrogens is 344 g/mol. The van der Waals surface area contributed by atoms with E-state index in [0.717, 1.165) is 23.7 Å². The second kappa shape index (κ2) is 12.8. The van der Waals surface area contributed by atoms with Gasteiger partial charge in [-0.1, -0.05) is 25.1 Å². The highest BCUT2D eigenvalue weighted by atomic mass is 16.7. The summed E-state index contributed by atoms with van der Waals surface area (Å²) in [6.07, 6.45) is 2.73. The third-order valence-corrected chi connectivity index (χ3v) is 3.71. The highest BCUT2D eigenvalue weighted by molar-refractivity contribution is 5.31. The summed E-state index contributed by atoms with van der Waals surface area (Å²) in [5, 5.41) is 0. The second-order valence-corrected chi connectivity index (χ2v) is 5.70. The van der Waals surface area contributed by atoms with Crippen LogP contribution in [0.1, 0.15) is 12.5 Å². The van der Waals surface area contributed by atoms with Crippen molar-refractivity contribution >= 4 is 0 Å². The Balaban J connectivity index is 1.58. The van der Waals surface area contributed by atoms with Gasteiger partial charge in [0.15, 0.2) is 0 Å². The average Bonchev–Trinajstić information content (AvgIpc) is 2.71. The summed E-state index contributed by atoms with van der Waals surface area (Å²) < 4.78 is 27.4. The first-order valence-corrected chi connectivity index (χ1v) is 9.15. The molecule has 2 rings (SSSR count). The molecule has 0 aromatic heterocycles. The molecule has 0 spiro atoms. The van der Waals surface area contributed by atoms with Gasteiger partial charge in [-0.25, -0.2) is 0 Å². The third-order valence-electron chi connectivity index (χ3n) is 3.71. The Morgan fingerprint density at radius 3 is 1.81 bits per heavy atom. The summed E-state index contributed by atoms with van der Waals surface area (Å²) in [4.78, 5) is 0. The molecule has 0 heterocycles. The minimum atomic E-state index is 0.160. The Labute approximate surface area is 161 Å². The van der Waals surface area contributed by atoms with Crippen LogP contribution in [0.4, 0.5) is 0 Å². The summed E-state index contributed by atoms with van der Waals surface area (Å²) in [5.41, 5.74) is 1.28. The van der Waals surface area contributed by atoms with Gasteiger partial charge in [0.1, 0.15) is 23.9 Å². The summed E-state index contributed by atoms with van der Waals surface area (Å²) >= 11 is 0. The van der Waals surface area contributed by atoms with Crippen LogP contribution in [-0.4, -0.2) is 39.8 Å². The molecular formula is C22H28O5. The van der Waals surface area contributed by atoms with Gasteiger partial charge in [-0.2, -0.15) is 0 Å². The molecule has 27 heavy (non-hydrogen) atoms. The van der Waals surface area contributed by atoms with Crippen molar-refractivity contribution < 1.29 is 23.7 Å². The van der Waals surface area contributed by atoms with E-state index in [1.165, 1.54) is 5.56 Å². The van der Waals surface area contributed by atoms with Crippen molar-refractivity contribution in [2.45, 2.75) is 13.3 Å². The van der Waals surface area contributed by atoms with E-state index < -0.39 is 0 Å². The first-order valence-electron chi connectivity index (χ1n) is 9.15. The lowest BCUT2D eigenvalue weighted by molar-refractivity contribution is 0.0449. The molecule has 146 valence electrons. The van der Waals surface area contributed by atoms with Crippen LogP contribution in [0.3, 0.4) is 0 Å². The lowest BCUT2D eigenvalue weighted by atomic mass is 10.2. The topological polar surface area (TPSA) is 46.2 Å². The predicted octanol–water partition coefficient (Wildman–Crippen LogP) is 4.26. The van der Waals surface area contributed by atoms with Crippen LogP contribution in [0.25, 0.3) is 0 Å². The van der Waals surface area contributed by atoms with Crippen LogP contribution < -0.4 is 14.2 Å². The Morgan fingerprint density at radius 1 is 0.704 bits per heavy atom. The molecule has 0 N–H and O–H groups in total. The number of rotatable bonds is 14. The lowest BCUT2D eigenvalue weighted by Gasteiger charge is -2.10. The van der Waals surface area contributed by atoms with Gasteiger partial charge in [-0.15, -0.1) is 6.58 Å². The molecule has 2 aromatic carbocycles. The highest BCUT2D eigenvalue weighted by Crippen LogP contribution is 2.18. The highest BCUT2D eigenvalue weighted by Gasteiger charge is 1.99. The van der Waals surface area contributed by atoms with E-state index in [1.54, 1.807) is 6.08 Å². The predicted molar refractivity (Wildman–Crippen MR) is 106 cm³/mol. The molecule has 0 fully saturated rings. The van der Waals surface area contributed by atoms with Crippen LogP contribution in [0.5, 0.6) is 17.2 Å². The standard InChI is InChI=1S/C22H28O5/c1-3-13-23-14-15-24-16-17-25-20-9-11-22(12-10-20)27-18-26-21-7-5-19(4-2)6-8-21/h3,5-12H,1,4,13-18H2,2H3. The van der Waals surface area contributed by atoms with Gasteiger partial charge in [-0.05, 0) is 48.4 Å². The zero-order valence-electron chi connectivity index (χ0n) is 15.9. The van der Waals surface area contributed by atoms with Gasteiger partial charge >= 0.3 is 0 Å². The first kappa shape index (κ1) is 20.8. The first-order chi connectivity index (χ1) is 13.3. The van der Waals surface area contributed by atoms with Crippen molar-refractivity contribution in [1.82, 2.24) is 0 Å².